The molecular weight excluding hydrogens is 188 g/mol. The van der Waals surface area contributed by atoms with Crippen molar-refractivity contribution in [3.8, 4) is 0 Å². The first-order valence-electron chi connectivity index (χ1n) is 4.38. The molecular formula is C8H16N2S2. The molecule has 0 amide bonds. The second-order valence-corrected chi connectivity index (χ2v) is 4.70. The lowest BCUT2D eigenvalue weighted by molar-refractivity contribution is 0.740. The van der Waals surface area contributed by atoms with Crippen LogP contribution in [0, 0.1) is 0 Å². The Bertz CT molecular complexity index is 105. The quantitative estimate of drug-likeness (QED) is 0.651. The molecule has 0 aromatic carbocycles. The summed E-state index contributed by atoms with van der Waals surface area (Å²) >= 11 is 3.79. The van der Waals surface area contributed by atoms with Gasteiger partial charge in [0.25, 0.3) is 0 Å². The fraction of sp³-hybridized carbons (Fsp3) is 0.875. The number of hydrogen-bond donors (Lipinski definition) is 1. The molecule has 1 fully saturated rings. The van der Waals surface area contributed by atoms with E-state index in [-0.39, 0.29) is 0 Å². The molecule has 0 spiro atoms. The number of thioether (sulfide) groups is 2. The zero-order valence-corrected chi connectivity index (χ0v) is 8.92. The molecule has 4 heteroatoms. The fourth-order valence-electron chi connectivity index (χ4n) is 0.913. The van der Waals surface area contributed by atoms with Crippen molar-refractivity contribution in [1.82, 2.24) is 5.32 Å². The predicted octanol–water partition coefficient (Wildman–Crippen LogP) is 1.82. The molecule has 1 N–H and O–H groups in total. The maximum Gasteiger partial charge on any atom is 0.0541 e. The molecule has 0 bridgehead atoms. The molecule has 2 aliphatic rings. The van der Waals surface area contributed by atoms with Crippen molar-refractivity contribution in [1.29, 1.82) is 0 Å². The molecule has 12 heavy (non-hydrogen) atoms. The van der Waals surface area contributed by atoms with E-state index in [1.54, 1.807) is 11.8 Å². The van der Waals surface area contributed by atoms with Gasteiger partial charge < -0.3 is 5.32 Å². The third-order valence-electron chi connectivity index (χ3n) is 1.54. The second-order valence-electron chi connectivity index (χ2n) is 2.64. The van der Waals surface area contributed by atoms with Gasteiger partial charge in [-0.3, -0.25) is 4.99 Å². The van der Waals surface area contributed by atoms with Gasteiger partial charge in [-0.05, 0) is 25.1 Å². The van der Waals surface area contributed by atoms with Gasteiger partial charge in [-0.1, -0.05) is 0 Å². The van der Waals surface area contributed by atoms with Crippen molar-refractivity contribution in [3.05, 3.63) is 0 Å². The highest BCUT2D eigenvalue weighted by Crippen LogP contribution is 2.03. The molecule has 70 valence electrons. The molecule has 2 heterocycles. The van der Waals surface area contributed by atoms with E-state index in [0.29, 0.717) is 0 Å². The first-order chi connectivity index (χ1) is 6.00. The van der Waals surface area contributed by atoms with Gasteiger partial charge in [0, 0.05) is 18.2 Å². The van der Waals surface area contributed by atoms with Gasteiger partial charge in [-0.2, -0.15) is 0 Å². The van der Waals surface area contributed by atoms with Crippen molar-refractivity contribution in [2.45, 2.75) is 12.8 Å². The smallest absolute Gasteiger partial charge is 0.0541 e. The van der Waals surface area contributed by atoms with E-state index in [1.165, 1.54) is 36.8 Å². The summed E-state index contributed by atoms with van der Waals surface area (Å²) in [6.07, 6.45) is 2.62. The van der Waals surface area contributed by atoms with Crippen LogP contribution in [0.2, 0.25) is 0 Å². The van der Waals surface area contributed by atoms with Crippen LogP contribution >= 0.6 is 23.5 Å². The molecule has 0 saturated carbocycles. The van der Waals surface area contributed by atoms with Gasteiger partial charge in [0.1, 0.15) is 0 Å². The Labute approximate surface area is 83.0 Å². The Hall–Kier alpha value is 0.330. The van der Waals surface area contributed by atoms with Crippen molar-refractivity contribution in [2.75, 3.05) is 30.5 Å². The average molecular weight is 204 g/mol. The molecule has 0 aromatic rings. The predicted molar refractivity (Wildman–Crippen MR) is 60.4 cm³/mol. The third-order valence-corrected chi connectivity index (χ3v) is 3.35. The molecule has 2 rings (SSSR count). The van der Waals surface area contributed by atoms with E-state index in [0.717, 1.165) is 6.54 Å². The maximum atomic E-state index is 4.02. The molecule has 2 aliphatic heterocycles. The summed E-state index contributed by atoms with van der Waals surface area (Å²) in [5.74, 6) is 3.79. The minimum Gasteiger partial charge on any atom is -0.308 e. The summed E-state index contributed by atoms with van der Waals surface area (Å²) in [4.78, 5) is 4.02. The standard InChI is InChI=1S/C4H9NS.C4H7NS/c2*1-2-5-4-6-3-1/h5H,1-4H2;4H,1-3H2. The van der Waals surface area contributed by atoms with Gasteiger partial charge in [-0.25, -0.2) is 0 Å². The summed E-state index contributed by atoms with van der Waals surface area (Å²) in [5.41, 5.74) is 1.93. The molecule has 0 atom stereocenters. The van der Waals surface area contributed by atoms with Crippen LogP contribution in [-0.4, -0.2) is 36.0 Å². The summed E-state index contributed by atoms with van der Waals surface area (Å²) in [7, 11) is 0. The van der Waals surface area contributed by atoms with Crippen LogP contribution in [0.5, 0.6) is 0 Å². The highest BCUT2D eigenvalue weighted by molar-refractivity contribution is 8.12. The number of rotatable bonds is 0. The van der Waals surface area contributed by atoms with E-state index < -0.39 is 0 Å². The van der Waals surface area contributed by atoms with Crippen LogP contribution in [0.4, 0.5) is 0 Å². The van der Waals surface area contributed by atoms with Crippen molar-refractivity contribution >= 4 is 29.1 Å². The summed E-state index contributed by atoms with van der Waals surface area (Å²) in [6.45, 7) is 2.28. The van der Waals surface area contributed by atoms with Crippen LogP contribution in [0.15, 0.2) is 4.99 Å². The highest BCUT2D eigenvalue weighted by Gasteiger charge is 1.93. The second kappa shape index (κ2) is 7.95. The summed E-state index contributed by atoms with van der Waals surface area (Å²) < 4.78 is 0. The van der Waals surface area contributed by atoms with Gasteiger partial charge >= 0.3 is 0 Å². The van der Waals surface area contributed by atoms with Crippen LogP contribution in [0.3, 0.4) is 0 Å². The fourth-order valence-corrected chi connectivity index (χ4v) is 2.31. The highest BCUT2D eigenvalue weighted by atomic mass is 32.2. The van der Waals surface area contributed by atoms with Crippen molar-refractivity contribution in [3.63, 3.8) is 0 Å². The van der Waals surface area contributed by atoms with Crippen molar-refractivity contribution in [2.24, 2.45) is 4.99 Å². The van der Waals surface area contributed by atoms with Crippen LogP contribution < -0.4 is 5.32 Å². The lowest BCUT2D eigenvalue weighted by atomic mass is 10.5. The van der Waals surface area contributed by atoms with E-state index in [4.69, 9.17) is 0 Å². The Morgan fingerprint density at radius 2 is 2.25 bits per heavy atom. The number of nitrogens with one attached hydrogen (secondary N) is 1. The Balaban J connectivity index is 0.000000120. The largest absolute Gasteiger partial charge is 0.308 e. The van der Waals surface area contributed by atoms with E-state index in [9.17, 15) is 0 Å². The summed E-state index contributed by atoms with van der Waals surface area (Å²) in [5, 5.41) is 3.25. The molecule has 0 aliphatic carbocycles. The minimum atomic E-state index is 1.05. The van der Waals surface area contributed by atoms with Crippen LogP contribution in [-0.2, 0) is 0 Å². The zero-order valence-electron chi connectivity index (χ0n) is 7.29. The summed E-state index contributed by atoms with van der Waals surface area (Å²) in [6, 6.07) is 0. The number of aliphatic imine (C=N–C) groups is 1. The van der Waals surface area contributed by atoms with E-state index >= 15 is 0 Å². The number of nitrogens with zero attached hydrogens (tertiary/aromatic N) is 1. The molecule has 0 radical (unpaired) electrons. The Kier molecular flexibility index (Phi) is 6.90. The van der Waals surface area contributed by atoms with E-state index in [1.807, 2.05) is 17.3 Å². The Morgan fingerprint density at radius 3 is 2.42 bits per heavy atom. The molecule has 1 saturated heterocycles. The lowest BCUT2D eigenvalue weighted by Crippen LogP contribution is -2.19. The van der Waals surface area contributed by atoms with Gasteiger partial charge in [0.15, 0.2) is 0 Å². The monoisotopic (exact) mass is 204 g/mol. The normalized spacial score (nSPS) is 22.7. The van der Waals surface area contributed by atoms with E-state index in [2.05, 4.69) is 10.3 Å². The zero-order chi connectivity index (χ0) is 8.49. The third kappa shape index (κ3) is 5.91. The van der Waals surface area contributed by atoms with Crippen molar-refractivity contribution < 1.29 is 0 Å². The Morgan fingerprint density at radius 1 is 1.25 bits per heavy atom. The van der Waals surface area contributed by atoms with Crippen LogP contribution in [0.1, 0.15) is 12.8 Å². The first kappa shape index (κ1) is 10.4. The SMILES string of the molecule is C1=NCCCS1.C1CNCSC1. The molecule has 0 aromatic heterocycles. The van der Waals surface area contributed by atoms with Gasteiger partial charge in [-0.15, -0.1) is 23.5 Å². The van der Waals surface area contributed by atoms with Gasteiger partial charge in [0.2, 0.25) is 0 Å². The first-order valence-corrected chi connectivity index (χ1v) is 6.59. The molecule has 0 unspecified atom stereocenters. The van der Waals surface area contributed by atoms with Crippen LogP contribution in [0.25, 0.3) is 0 Å². The topological polar surface area (TPSA) is 24.4 Å². The number of hydrogen-bond acceptors (Lipinski definition) is 4. The average Bonchev–Trinajstić information content (AvgIpc) is 2.24. The molecule has 2 nitrogen and oxygen atoms in total. The lowest BCUT2D eigenvalue weighted by Gasteiger charge is -2.08. The minimum absolute atomic E-state index is 1.05. The maximum absolute atomic E-state index is 4.02. The van der Waals surface area contributed by atoms with Gasteiger partial charge in [0.05, 0.1) is 5.55 Å².